The van der Waals surface area contributed by atoms with E-state index in [1.54, 1.807) is 19.1 Å². The Balaban J connectivity index is 2.23. The van der Waals surface area contributed by atoms with Crippen LogP contribution in [0.5, 0.6) is 5.75 Å². The van der Waals surface area contributed by atoms with E-state index in [1.807, 2.05) is 0 Å². The number of nitrogens with one attached hydrogen (secondary N) is 1. The van der Waals surface area contributed by atoms with Crippen LogP contribution in [0.2, 0.25) is 0 Å². The first-order valence-electron chi connectivity index (χ1n) is 6.65. The van der Waals surface area contributed by atoms with Crippen molar-refractivity contribution < 1.29 is 26.3 Å². The van der Waals surface area contributed by atoms with Crippen molar-refractivity contribution in [2.24, 2.45) is 0 Å². The highest BCUT2D eigenvalue weighted by molar-refractivity contribution is 7.92. The van der Waals surface area contributed by atoms with Gasteiger partial charge in [-0.15, -0.1) is 0 Å². The molecule has 4 nitrogen and oxygen atoms in total. The van der Waals surface area contributed by atoms with E-state index in [2.05, 4.69) is 4.72 Å². The molecule has 0 aliphatic carbocycles. The van der Waals surface area contributed by atoms with E-state index in [4.69, 9.17) is 4.74 Å². The van der Waals surface area contributed by atoms with Crippen molar-refractivity contribution in [1.29, 1.82) is 0 Å². The van der Waals surface area contributed by atoms with E-state index in [9.17, 15) is 21.6 Å². The molecule has 0 bridgehead atoms. The van der Waals surface area contributed by atoms with Gasteiger partial charge in [0.2, 0.25) is 0 Å². The average Bonchev–Trinajstić information content (AvgIpc) is 2.47. The molecule has 0 saturated heterocycles. The second kappa shape index (κ2) is 6.49. The molecule has 2 aromatic rings. The molecule has 124 valence electrons. The van der Waals surface area contributed by atoms with Crippen molar-refractivity contribution in [2.45, 2.75) is 18.0 Å². The van der Waals surface area contributed by atoms with Gasteiger partial charge in [-0.1, -0.05) is 6.07 Å². The van der Waals surface area contributed by atoms with Gasteiger partial charge in [-0.2, -0.15) is 13.2 Å². The lowest BCUT2D eigenvalue weighted by atomic mass is 10.2. The summed E-state index contributed by atoms with van der Waals surface area (Å²) < 4.78 is 69.5. The molecule has 2 aromatic carbocycles. The van der Waals surface area contributed by atoms with Gasteiger partial charge in [0.1, 0.15) is 5.75 Å². The Bertz CT molecular complexity index is 771. The Morgan fingerprint density at radius 3 is 2.30 bits per heavy atom. The van der Waals surface area contributed by atoms with E-state index in [0.29, 0.717) is 12.4 Å². The molecule has 0 saturated carbocycles. The topological polar surface area (TPSA) is 55.4 Å². The van der Waals surface area contributed by atoms with E-state index >= 15 is 0 Å². The zero-order valence-corrected chi connectivity index (χ0v) is 12.9. The third-order valence-electron chi connectivity index (χ3n) is 2.89. The maximum absolute atomic E-state index is 12.5. The molecule has 8 heteroatoms. The molecule has 0 atom stereocenters. The SMILES string of the molecule is CCOc1cccc(NS(=O)(=O)c2ccc(C(F)(F)F)cc2)c1. The minimum atomic E-state index is -4.51. The third-order valence-corrected chi connectivity index (χ3v) is 4.29. The fraction of sp³-hybridized carbons (Fsp3) is 0.200. The molecule has 23 heavy (non-hydrogen) atoms. The number of sulfonamides is 1. The first-order valence-corrected chi connectivity index (χ1v) is 8.13. The third kappa shape index (κ3) is 4.38. The Hall–Kier alpha value is -2.22. The molecular formula is C15H14F3NO3S. The van der Waals surface area contributed by atoms with Crippen LogP contribution in [-0.2, 0) is 16.2 Å². The molecule has 0 unspecified atom stereocenters. The van der Waals surface area contributed by atoms with Gasteiger partial charge in [-0.05, 0) is 43.3 Å². The number of benzene rings is 2. The van der Waals surface area contributed by atoms with Crippen molar-refractivity contribution in [3.63, 3.8) is 0 Å². The molecule has 0 spiro atoms. The van der Waals surface area contributed by atoms with Crippen LogP contribution in [0.1, 0.15) is 12.5 Å². The van der Waals surface area contributed by atoms with Gasteiger partial charge >= 0.3 is 6.18 Å². The Morgan fingerprint density at radius 1 is 1.09 bits per heavy atom. The van der Waals surface area contributed by atoms with Crippen LogP contribution in [-0.4, -0.2) is 15.0 Å². The van der Waals surface area contributed by atoms with Crippen LogP contribution in [0.3, 0.4) is 0 Å². The van der Waals surface area contributed by atoms with Gasteiger partial charge in [0.25, 0.3) is 10.0 Å². The monoisotopic (exact) mass is 345 g/mol. The van der Waals surface area contributed by atoms with Crippen LogP contribution in [0.15, 0.2) is 53.4 Å². The van der Waals surface area contributed by atoms with Gasteiger partial charge in [-0.25, -0.2) is 8.42 Å². The summed E-state index contributed by atoms with van der Waals surface area (Å²) in [6.07, 6.45) is -4.51. The molecule has 0 amide bonds. The summed E-state index contributed by atoms with van der Waals surface area (Å²) in [6, 6.07) is 9.57. The molecular weight excluding hydrogens is 331 g/mol. The highest BCUT2D eigenvalue weighted by Gasteiger charge is 2.30. The summed E-state index contributed by atoms with van der Waals surface area (Å²) in [6.45, 7) is 2.22. The second-order valence-corrected chi connectivity index (χ2v) is 6.27. The van der Waals surface area contributed by atoms with Crippen LogP contribution in [0.4, 0.5) is 18.9 Å². The second-order valence-electron chi connectivity index (χ2n) is 4.59. The minimum absolute atomic E-state index is 0.257. The molecule has 0 radical (unpaired) electrons. The van der Waals surface area contributed by atoms with Gasteiger partial charge in [0, 0.05) is 6.07 Å². The van der Waals surface area contributed by atoms with Crippen molar-refractivity contribution in [3.8, 4) is 5.75 Å². The van der Waals surface area contributed by atoms with Crippen LogP contribution in [0.25, 0.3) is 0 Å². The standard InChI is InChI=1S/C15H14F3NO3S/c1-2-22-13-5-3-4-12(10-13)19-23(20,21)14-8-6-11(7-9-14)15(16,17)18/h3-10,19H,2H2,1H3. The molecule has 0 aromatic heterocycles. The summed E-state index contributed by atoms with van der Waals surface area (Å²) >= 11 is 0. The number of alkyl halides is 3. The van der Waals surface area contributed by atoms with Crippen molar-refractivity contribution in [3.05, 3.63) is 54.1 Å². The summed E-state index contributed by atoms with van der Waals surface area (Å²) in [5.74, 6) is 0.486. The van der Waals surface area contributed by atoms with Crippen molar-refractivity contribution in [2.75, 3.05) is 11.3 Å². The molecule has 0 fully saturated rings. The van der Waals surface area contributed by atoms with Crippen LogP contribution >= 0.6 is 0 Å². The van der Waals surface area contributed by atoms with Crippen molar-refractivity contribution in [1.82, 2.24) is 0 Å². The maximum atomic E-state index is 12.5. The fourth-order valence-electron chi connectivity index (χ4n) is 1.85. The largest absolute Gasteiger partial charge is 0.494 e. The zero-order valence-electron chi connectivity index (χ0n) is 12.1. The number of ether oxygens (including phenoxy) is 1. The number of hydrogen-bond acceptors (Lipinski definition) is 3. The van der Waals surface area contributed by atoms with Gasteiger partial charge in [0.15, 0.2) is 0 Å². The molecule has 0 aliphatic rings. The smallest absolute Gasteiger partial charge is 0.416 e. The zero-order chi connectivity index (χ0) is 17.1. The number of halogens is 3. The highest BCUT2D eigenvalue weighted by atomic mass is 32.2. The lowest BCUT2D eigenvalue weighted by Crippen LogP contribution is -2.13. The average molecular weight is 345 g/mol. The number of anilines is 1. The Labute approximate surface area is 132 Å². The van der Waals surface area contributed by atoms with E-state index in [-0.39, 0.29) is 10.6 Å². The number of rotatable bonds is 5. The summed E-state index contributed by atoms with van der Waals surface area (Å²) in [4.78, 5) is -0.257. The predicted molar refractivity (Wildman–Crippen MR) is 79.9 cm³/mol. The van der Waals surface area contributed by atoms with Gasteiger partial charge in [-0.3, -0.25) is 4.72 Å². The summed E-state index contributed by atoms with van der Waals surface area (Å²) in [5, 5.41) is 0. The fourth-order valence-corrected chi connectivity index (χ4v) is 2.90. The first kappa shape index (κ1) is 17.1. The van der Waals surface area contributed by atoms with E-state index in [1.165, 1.54) is 12.1 Å². The molecule has 1 N–H and O–H groups in total. The van der Waals surface area contributed by atoms with Gasteiger partial charge < -0.3 is 4.74 Å². The molecule has 2 rings (SSSR count). The maximum Gasteiger partial charge on any atom is 0.416 e. The molecule has 0 aliphatic heterocycles. The Kier molecular flexibility index (Phi) is 4.84. The van der Waals surface area contributed by atoms with E-state index in [0.717, 1.165) is 24.3 Å². The summed E-state index contributed by atoms with van der Waals surface area (Å²) in [5.41, 5.74) is -0.648. The highest BCUT2D eigenvalue weighted by Crippen LogP contribution is 2.30. The lowest BCUT2D eigenvalue weighted by Gasteiger charge is -2.11. The number of hydrogen-bond donors (Lipinski definition) is 1. The lowest BCUT2D eigenvalue weighted by molar-refractivity contribution is -0.137. The van der Waals surface area contributed by atoms with Gasteiger partial charge in [0.05, 0.1) is 22.8 Å². The van der Waals surface area contributed by atoms with Crippen LogP contribution < -0.4 is 9.46 Å². The predicted octanol–water partition coefficient (Wildman–Crippen LogP) is 3.90. The normalized spacial score (nSPS) is 12.0. The minimum Gasteiger partial charge on any atom is -0.494 e. The van der Waals surface area contributed by atoms with E-state index < -0.39 is 21.8 Å². The first-order chi connectivity index (χ1) is 10.7. The van der Waals surface area contributed by atoms with Crippen molar-refractivity contribution >= 4 is 15.7 Å². The Morgan fingerprint density at radius 2 is 1.74 bits per heavy atom. The van der Waals surface area contributed by atoms with Crippen LogP contribution in [0, 0.1) is 0 Å². The molecule has 0 heterocycles. The summed E-state index contributed by atoms with van der Waals surface area (Å²) in [7, 11) is -3.98. The quantitative estimate of drug-likeness (QED) is 0.894.